The normalized spacial score (nSPS) is 14.8. The van der Waals surface area contributed by atoms with Crippen molar-refractivity contribution < 1.29 is 4.74 Å². The molecule has 1 aromatic carbocycles. The van der Waals surface area contributed by atoms with Gasteiger partial charge in [-0.15, -0.1) is 10.2 Å². The minimum absolute atomic E-state index is 0.547. The molecule has 112 valence electrons. The molecule has 0 saturated carbocycles. The maximum Gasteiger partial charge on any atom is 0.174 e. The van der Waals surface area contributed by atoms with Crippen LogP contribution in [0.1, 0.15) is 36.5 Å². The first kappa shape index (κ1) is 14.3. The average Bonchev–Trinajstić information content (AvgIpc) is 2.81. The number of allylic oxidation sites excluding steroid dienone is 1. The van der Waals surface area contributed by atoms with Gasteiger partial charge in [-0.25, -0.2) is 0 Å². The molecule has 0 amide bonds. The summed E-state index contributed by atoms with van der Waals surface area (Å²) in [6, 6.07) is 9.87. The molecule has 0 saturated heterocycles. The molecule has 0 aliphatic carbocycles. The predicted molar refractivity (Wildman–Crippen MR) is 84.1 cm³/mol. The highest BCUT2D eigenvalue weighted by Crippen LogP contribution is 2.22. The molecule has 2 aromatic rings. The number of nitriles is 1. The van der Waals surface area contributed by atoms with Crippen LogP contribution >= 0.6 is 0 Å². The summed E-state index contributed by atoms with van der Waals surface area (Å²) in [5.41, 5.74) is 1.49. The van der Waals surface area contributed by atoms with E-state index in [0.717, 1.165) is 42.9 Å². The highest BCUT2D eigenvalue weighted by atomic mass is 16.5. The van der Waals surface area contributed by atoms with Crippen LogP contribution < -0.4 is 4.74 Å². The first-order valence-electron chi connectivity index (χ1n) is 7.50. The van der Waals surface area contributed by atoms with Crippen LogP contribution in [0, 0.1) is 11.3 Å². The Morgan fingerprint density at radius 3 is 2.77 bits per heavy atom. The van der Waals surface area contributed by atoms with E-state index in [1.54, 1.807) is 7.11 Å². The fourth-order valence-electron chi connectivity index (χ4n) is 2.70. The maximum absolute atomic E-state index is 9.51. The van der Waals surface area contributed by atoms with E-state index >= 15 is 0 Å². The zero-order valence-electron chi connectivity index (χ0n) is 12.6. The lowest BCUT2D eigenvalue weighted by Crippen LogP contribution is -2.05. The zero-order chi connectivity index (χ0) is 15.4. The molecule has 0 radical (unpaired) electrons. The van der Waals surface area contributed by atoms with Crippen LogP contribution in [0.5, 0.6) is 5.75 Å². The van der Waals surface area contributed by atoms with Gasteiger partial charge in [-0.05, 0) is 36.6 Å². The van der Waals surface area contributed by atoms with Gasteiger partial charge in [0.15, 0.2) is 5.82 Å². The molecule has 1 aromatic heterocycles. The molecular weight excluding hydrogens is 276 g/mol. The van der Waals surface area contributed by atoms with E-state index in [1.165, 1.54) is 6.42 Å². The molecule has 22 heavy (non-hydrogen) atoms. The third-order valence-electron chi connectivity index (χ3n) is 3.90. The minimum atomic E-state index is 0.547. The highest BCUT2D eigenvalue weighted by Gasteiger charge is 2.17. The van der Waals surface area contributed by atoms with Gasteiger partial charge in [-0.1, -0.05) is 18.6 Å². The number of aryl methyl sites for hydroxylation is 1. The Morgan fingerprint density at radius 1 is 1.23 bits per heavy atom. The molecule has 1 aliphatic heterocycles. The summed E-state index contributed by atoms with van der Waals surface area (Å²) in [6.07, 6.45) is 6.24. The number of ether oxygens (including phenoxy) is 1. The van der Waals surface area contributed by atoms with Crippen molar-refractivity contribution in [2.45, 2.75) is 32.2 Å². The molecule has 0 bridgehead atoms. The van der Waals surface area contributed by atoms with E-state index in [1.807, 2.05) is 30.3 Å². The summed E-state index contributed by atoms with van der Waals surface area (Å²) in [7, 11) is 1.64. The van der Waals surface area contributed by atoms with Crippen LogP contribution in [0.2, 0.25) is 0 Å². The fourth-order valence-corrected chi connectivity index (χ4v) is 2.70. The Balaban J connectivity index is 1.95. The smallest absolute Gasteiger partial charge is 0.174 e. The van der Waals surface area contributed by atoms with Crippen LogP contribution in [0.4, 0.5) is 0 Å². The van der Waals surface area contributed by atoms with Crippen molar-refractivity contribution in [2.75, 3.05) is 7.11 Å². The van der Waals surface area contributed by atoms with Gasteiger partial charge in [-0.2, -0.15) is 5.26 Å². The Kier molecular flexibility index (Phi) is 4.19. The SMILES string of the molecule is COc1ccc(/C=C(/C#N)c2nnc3n2CCCCC3)cc1. The van der Waals surface area contributed by atoms with Gasteiger partial charge in [0.2, 0.25) is 0 Å². The summed E-state index contributed by atoms with van der Waals surface area (Å²) in [6.45, 7) is 0.888. The number of aromatic nitrogens is 3. The number of fused-ring (bicyclic) bond motifs is 1. The van der Waals surface area contributed by atoms with Crippen molar-refractivity contribution in [1.29, 1.82) is 5.26 Å². The Hall–Kier alpha value is -2.61. The second-order valence-corrected chi connectivity index (χ2v) is 5.35. The Morgan fingerprint density at radius 2 is 2.05 bits per heavy atom. The number of benzene rings is 1. The zero-order valence-corrected chi connectivity index (χ0v) is 12.6. The first-order valence-corrected chi connectivity index (χ1v) is 7.50. The van der Waals surface area contributed by atoms with E-state index in [2.05, 4.69) is 20.8 Å². The number of nitrogens with zero attached hydrogens (tertiary/aromatic N) is 4. The second kappa shape index (κ2) is 6.44. The summed E-state index contributed by atoms with van der Waals surface area (Å²) < 4.78 is 7.24. The molecule has 2 heterocycles. The Bertz CT molecular complexity index is 722. The molecule has 0 spiro atoms. The van der Waals surface area contributed by atoms with Crippen LogP contribution in [0.15, 0.2) is 24.3 Å². The number of rotatable bonds is 3. The van der Waals surface area contributed by atoms with E-state index in [9.17, 15) is 5.26 Å². The lowest BCUT2D eigenvalue weighted by Gasteiger charge is -2.06. The Labute approximate surface area is 129 Å². The molecule has 5 heteroatoms. The van der Waals surface area contributed by atoms with Crippen molar-refractivity contribution in [3.05, 3.63) is 41.5 Å². The lowest BCUT2D eigenvalue weighted by molar-refractivity contribution is 0.415. The van der Waals surface area contributed by atoms with Crippen molar-refractivity contribution in [3.8, 4) is 11.8 Å². The van der Waals surface area contributed by atoms with Crippen molar-refractivity contribution in [1.82, 2.24) is 14.8 Å². The molecule has 0 unspecified atom stereocenters. The third kappa shape index (κ3) is 2.86. The van der Waals surface area contributed by atoms with Crippen molar-refractivity contribution >= 4 is 11.6 Å². The standard InChI is InChI=1S/C17H18N4O/c1-22-15-8-6-13(7-9-15)11-14(12-18)17-20-19-16-5-3-2-4-10-21(16)17/h6-9,11H,2-5,10H2,1H3/b14-11-. The van der Waals surface area contributed by atoms with Crippen LogP contribution in [-0.4, -0.2) is 21.9 Å². The van der Waals surface area contributed by atoms with Crippen LogP contribution in [-0.2, 0) is 13.0 Å². The van der Waals surface area contributed by atoms with Gasteiger partial charge in [-0.3, -0.25) is 0 Å². The van der Waals surface area contributed by atoms with Crippen LogP contribution in [0.3, 0.4) is 0 Å². The third-order valence-corrected chi connectivity index (χ3v) is 3.90. The van der Waals surface area contributed by atoms with E-state index in [0.29, 0.717) is 11.4 Å². The average molecular weight is 294 g/mol. The van der Waals surface area contributed by atoms with E-state index in [-0.39, 0.29) is 0 Å². The highest BCUT2D eigenvalue weighted by molar-refractivity contribution is 5.87. The number of methoxy groups -OCH3 is 1. The van der Waals surface area contributed by atoms with Gasteiger partial charge in [0.1, 0.15) is 17.6 Å². The molecule has 1 aliphatic rings. The topological polar surface area (TPSA) is 63.7 Å². The van der Waals surface area contributed by atoms with E-state index < -0.39 is 0 Å². The molecule has 5 nitrogen and oxygen atoms in total. The van der Waals surface area contributed by atoms with Crippen molar-refractivity contribution in [2.24, 2.45) is 0 Å². The van der Waals surface area contributed by atoms with Gasteiger partial charge >= 0.3 is 0 Å². The van der Waals surface area contributed by atoms with Gasteiger partial charge in [0.25, 0.3) is 0 Å². The summed E-state index contributed by atoms with van der Waals surface area (Å²) >= 11 is 0. The lowest BCUT2D eigenvalue weighted by atomic mass is 10.1. The van der Waals surface area contributed by atoms with Crippen molar-refractivity contribution in [3.63, 3.8) is 0 Å². The molecule has 0 atom stereocenters. The molecular formula is C17H18N4O. The molecule has 0 fully saturated rings. The maximum atomic E-state index is 9.51. The monoisotopic (exact) mass is 294 g/mol. The number of hydrogen-bond donors (Lipinski definition) is 0. The second-order valence-electron chi connectivity index (χ2n) is 5.35. The molecule has 3 rings (SSSR count). The fraction of sp³-hybridized carbons (Fsp3) is 0.353. The van der Waals surface area contributed by atoms with Gasteiger partial charge < -0.3 is 9.30 Å². The largest absolute Gasteiger partial charge is 0.497 e. The summed E-state index contributed by atoms with van der Waals surface area (Å²) in [4.78, 5) is 0. The van der Waals surface area contributed by atoms with E-state index in [4.69, 9.17) is 4.74 Å². The van der Waals surface area contributed by atoms with Crippen LogP contribution in [0.25, 0.3) is 11.6 Å². The first-order chi connectivity index (χ1) is 10.8. The quantitative estimate of drug-likeness (QED) is 0.816. The summed E-state index contributed by atoms with van der Waals surface area (Å²) in [5.74, 6) is 2.46. The molecule has 0 N–H and O–H groups in total. The number of hydrogen-bond acceptors (Lipinski definition) is 4. The van der Waals surface area contributed by atoms with Gasteiger partial charge in [0.05, 0.1) is 12.7 Å². The predicted octanol–water partition coefficient (Wildman–Crippen LogP) is 3.08. The summed E-state index contributed by atoms with van der Waals surface area (Å²) in [5, 5.41) is 18.0. The minimum Gasteiger partial charge on any atom is -0.497 e. The van der Waals surface area contributed by atoms with Gasteiger partial charge in [0, 0.05) is 13.0 Å².